The van der Waals surface area contributed by atoms with Crippen molar-refractivity contribution < 1.29 is 4.79 Å². The summed E-state index contributed by atoms with van der Waals surface area (Å²) in [6.45, 7) is 6.15. The molecule has 0 rings (SSSR count). The molecule has 5 heteroatoms. The SMILES string of the molecule is C=C(C(=O)NCC)N(C)N(C)NC. The maximum Gasteiger partial charge on any atom is 0.268 e. The average Bonchev–Trinajstić information content (AvgIpc) is 2.14. The number of hydrazine groups is 2. The third-order valence-electron chi connectivity index (χ3n) is 1.76. The molecule has 0 spiro atoms. The Morgan fingerprint density at radius 2 is 2.00 bits per heavy atom. The van der Waals surface area contributed by atoms with Crippen LogP contribution in [0, 0.1) is 0 Å². The molecule has 0 bridgehead atoms. The van der Waals surface area contributed by atoms with Crippen molar-refractivity contribution in [2.75, 3.05) is 27.7 Å². The van der Waals surface area contributed by atoms with Crippen molar-refractivity contribution in [3.8, 4) is 0 Å². The molecule has 0 aromatic carbocycles. The number of nitrogens with zero attached hydrogens (tertiary/aromatic N) is 2. The quantitative estimate of drug-likeness (QED) is 0.451. The zero-order valence-corrected chi connectivity index (χ0v) is 8.72. The van der Waals surface area contributed by atoms with E-state index in [0.717, 1.165) is 0 Å². The van der Waals surface area contributed by atoms with E-state index in [-0.39, 0.29) is 5.91 Å². The summed E-state index contributed by atoms with van der Waals surface area (Å²) in [4.78, 5) is 11.3. The van der Waals surface area contributed by atoms with Crippen LogP contribution in [0.2, 0.25) is 0 Å². The Labute approximate surface area is 79.3 Å². The summed E-state index contributed by atoms with van der Waals surface area (Å²) in [5.41, 5.74) is 3.26. The molecule has 0 unspecified atom stereocenters. The van der Waals surface area contributed by atoms with Crippen LogP contribution in [-0.2, 0) is 4.79 Å². The molecule has 0 atom stereocenters. The largest absolute Gasteiger partial charge is 0.351 e. The van der Waals surface area contributed by atoms with E-state index in [4.69, 9.17) is 0 Å². The van der Waals surface area contributed by atoms with Gasteiger partial charge in [-0.2, -0.15) is 5.12 Å². The number of likely N-dealkylation sites (N-methyl/N-ethyl adjacent to an activating group) is 2. The number of amides is 1. The molecule has 0 aromatic heterocycles. The molecule has 0 saturated carbocycles. The lowest BCUT2D eigenvalue weighted by atomic mass is 10.4. The average molecular weight is 186 g/mol. The van der Waals surface area contributed by atoms with Crippen molar-refractivity contribution in [1.82, 2.24) is 20.9 Å². The molecule has 0 heterocycles. The highest BCUT2D eigenvalue weighted by molar-refractivity contribution is 5.91. The Balaban J connectivity index is 4.17. The van der Waals surface area contributed by atoms with Crippen molar-refractivity contribution in [1.29, 1.82) is 0 Å². The minimum absolute atomic E-state index is 0.160. The highest BCUT2D eigenvalue weighted by Gasteiger charge is 2.13. The Kier molecular flexibility index (Phi) is 5.10. The molecule has 0 aromatic rings. The summed E-state index contributed by atoms with van der Waals surface area (Å²) >= 11 is 0. The van der Waals surface area contributed by atoms with Gasteiger partial charge in [-0.3, -0.25) is 9.80 Å². The lowest BCUT2D eigenvalue weighted by Crippen LogP contribution is -2.46. The fourth-order valence-electron chi connectivity index (χ4n) is 0.741. The molecule has 76 valence electrons. The molecule has 0 saturated heterocycles. The number of hydrogen-bond donors (Lipinski definition) is 2. The molecule has 0 aliphatic carbocycles. The van der Waals surface area contributed by atoms with E-state index in [9.17, 15) is 4.79 Å². The van der Waals surface area contributed by atoms with Crippen LogP contribution in [0.25, 0.3) is 0 Å². The minimum Gasteiger partial charge on any atom is -0.351 e. The van der Waals surface area contributed by atoms with Gasteiger partial charge in [0.25, 0.3) is 5.91 Å². The first-order valence-corrected chi connectivity index (χ1v) is 4.16. The van der Waals surface area contributed by atoms with E-state index in [1.165, 1.54) is 0 Å². The van der Waals surface area contributed by atoms with Crippen LogP contribution in [0.3, 0.4) is 0 Å². The normalized spacial score (nSPS) is 9.92. The molecular formula is C8H18N4O. The van der Waals surface area contributed by atoms with Gasteiger partial charge in [0, 0.05) is 27.7 Å². The van der Waals surface area contributed by atoms with Gasteiger partial charge in [0.1, 0.15) is 5.70 Å². The maximum absolute atomic E-state index is 11.3. The van der Waals surface area contributed by atoms with Crippen molar-refractivity contribution >= 4 is 5.91 Å². The smallest absolute Gasteiger partial charge is 0.268 e. The van der Waals surface area contributed by atoms with Crippen LogP contribution in [0.1, 0.15) is 6.92 Å². The number of rotatable bonds is 5. The first-order chi connectivity index (χ1) is 6.04. The molecular weight excluding hydrogens is 168 g/mol. The highest BCUT2D eigenvalue weighted by Crippen LogP contribution is 1.98. The summed E-state index contributed by atoms with van der Waals surface area (Å²) in [5, 5.41) is 5.96. The fraction of sp³-hybridized carbons (Fsp3) is 0.625. The third kappa shape index (κ3) is 3.43. The summed E-state index contributed by atoms with van der Waals surface area (Å²) in [5.74, 6) is -0.160. The van der Waals surface area contributed by atoms with Gasteiger partial charge in [0.15, 0.2) is 0 Å². The Hall–Kier alpha value is -1.07. The van der Waals surface area contributed by atoms with Crippen LogP contribution in [-0.4, -0.2) is 43.7 Å². The Morgan fingerprint density at radius 1 is 1.46 bits per heavy atom. The van der Waals surface area contributed by atoms with E-state index in [1.54, 1.807) is 31.3 Å². The molecule has 0 aliphatic heterocycles. The van der Waals surface area contributed by atoms with E-state index in [2.05, 4.69) is 17.3 Å². The first kappa shape index (κ1) is 11.9. The predicted molar refractivity (Wildman–Crippen MR) is 52.4 cm³/mol. The van der Waals surface area contributed by atoms with E-state index < -0.39 is 0 Å². The summed E-state index contributed by atoms with van der Waals surface area (Å²) < 4.78 is 0. The van der Waals surface area contributed by atoms with E-state index >= 15 is 0 Å². The fourth-order valence-corrected chi connectivity index (χ4v) is 0.741. The number of nitrogens with one attached hydrogen (secondary N) is 2. The van der Waals surface area contributed by atoms with Crippen LogP contribution in [0.4, 0.5) is 0 Å². The van der Waals surface area contributed by atoms with Crippen LogP contribution >= 0.6 is 0 Å². The lowest BCUT2D eigenvalue weighted by Gasteiger charge is -2.29. The Bertz CT molecular complexity index is 193. The molecule has 5 nitrogen and oxygen atoms in total. The molecule has 0 fully saturated rings. The second-order valence-electron chi connectivity index (χ2n) is 2.58. The van der Waals surface area contributed by atoms with Gasteiger partial charge in [0.2, 0.25) is 0 Å². The van der Waals surface area contributed by atoms with Gasteiger partial charge in [-0.25, -0.2) is 5.43 Å². The van der Waals surface area contributed by atoms with Gasteiger partial charge >= 0.3 is 0 Å². The van der Waals surface area contributed by atoms with E-state index in [0.29, 0.717) is 12.2 Å². The zero-order chi connectivity index (χ0) is 10.4. The highest BCUT2D eigenvalue weighted by atomic mass is 16.2. The van der Waals surface area contributed by atoms with Crippen molar-refractivity contribution in [3.05, 3.63) is 12.3 Å². The third-order valence-corrected chi connectivity index (χ3v) is 1.76. The lowest BCUT2D eigenvalue weighted by molar-refractivity contribution is -0.121. The topological polar surface area (TPSA) is 47.6 Å². The summed E-state index contributed by atoms with van der Waals surface area (Å²) in [6.07, 6.45) is 0. The molecule has 0 aliphatic rings. The number of hydrogen-bond acceptors (Lipinski definition) is 4. The Morgan fingerprint density at radius 3 is 2.38 bits per heavy atom. The van der Waals surface area contributed by atoms with Gasteiger partial charge in [0.05, 0.1) is 0 Å². The van der Waals surface area contributed by atoms with Crippen molar-refractivity contribution in [2.45, 2.75) is 6.92 Å². The first-order valence-electron chi connectivity index (χ1n) is 4.16. The zero-order valence-electron chi connectivity index (χ0n) is 8.72. The van der Waals surface area contributed by atoms with Gasteiger partial charge < -0.3 is 5.32 Å². The number of carbonyl (C=O) groups excluding carboxylic acids is 1. The molecule has 1 amide bonds. The van der Waals surface area contributed by atoms with Gasteiger partial charge in [-0.05, 0) is 6.92 Å². The van der Waals surface area contributed by atoms with E-state index in [1.807, 2.05) is 6.92 Å². The molecule has 13 heavy (non-hydrogen) atoms. The second kappa shape index (κ2) is 5.55. The monoisotopic (exact) mass is 186 g/mol. The summed E-state index contributed by atoms with van der Waals surface area (Å²) in [7, 11) is 5.32. The predicted octanol–water partition coefficient (Wildman–Crippen LogP) is -0.451. The summed E-state index contributed by atoms with van der Waals surface area (Å²) in [6, 6.07) is 0. The van der Waals surface area contributed by atoms with Crippen molar-refractivity contribution in [3.63, 3.8) is 0 Å². The minimum atomic E-state index is -0.160. The molecule has 2 N–H and O–H groups in total. The second-order valence-corrected chi connectivity index (χ2v) is 2.58. The maximum atomic E-state index is 11.3. The van der Waals surface area contributed by atoms with Crippen LogP contribution in [0.5, 0.6) is 0 Å². The van der Waals surface area contributed by atoms with Gasteiger partial charge in [-0.1, -0.05) is 6.58 Å². The van der Waals surface area contributed by atoms with Crippen LogP contribution < -0.4 is 10.7 Å². The standard InChI is InChI=1S/C8H18N4O/c1-6-10-8(13)7(2)11(4)12(5)9-3/h9H,2,6H2,1,3-5H3,(H,10,13). The molecule has 0 radical (unpaired) electrons. The van der Waals surface area contributed by atoms with Gasteiger partial charge in [-0.15, -0.1) is 0 Å². The van der Waals surface area contributed by atoms with Crippen LogP contribution in [0.15, 0.2) is 12.3 Å². The number of carbonyl (C=O) groups is 1. The van der Waals surface area contributed by atoms with Crippen molar-refractivity contribution in [2.24, 2.45) is 0 Å².